The lowest BCUT2D eigenvalue weighted by molar-refractivity contribution is 0.594. The van der Waals surface area contributed by atoms with Crippen LogP contribution in [0.4, 0.5) is 0 Å². The zero-order chi connectivity index (χ0) is 12.1. The Hall–Kier alpha value is -1.44. The Morgan fingerprint density at radius 3 is 1.59 bits per heavy atom. The topological polar surface area (TPSA) is 34.1 Å². The van der Waals surface area contributed by atoms with Crippen molar-refractivity contribution in [3.8, 4) is 0 Å². The number of hydrogen-bond donors (Lipinski definition) is 0. The van der Waals surface area contributed by atoms with E-state index in [-0.39, 0.29) is 11.3 Å². The Kier molecular flexibility index (Phi) is 3.72. The second-order valence-corrected chi connectivity index (χ2v) is 6.92. The third-order valence-corrected chi connectivity index (χ3v) is 6.13. The van der Waals surface area contributed by atoms with Gasteiger partial charge in [0.1, 0.15) is 0 Å². The third kappa shape index (κ3) is 2.46. The number of rotatable bonds is 3. The molecule has 2 aromatic rings. The monoisotopic (exact) mass is 262 g/mol. The summed E-state index contributed by atoms with van der Waals surface area (Å²) in [5.41, 5.74) is 0. The molecule has 0 unspecified atom stereocenters. The summed E-state index contributed by atoms with van der Waals surface area (Å²) in [6.07, 6.45) is 0. The molecule has 2 rings (SSSR count). The summed E-state index contributed by atoms with van der Waals surface area (Å²) in [5.74, 6) is 0. The first-order chi connectivity index (χ1) is 8.27. The van der Waals surface area contributed by atoms with E-state index in [1.807, 2.05) is 36.4 Å². The maximum absolute atomic E-state index is 12.9. The number of benzene rings is 2. The summed E-state index contributed by atoms with van der Waals surface area (Å²) >= 11 is 0.260. The van der Waals surface area contributed by atoms with Crippen LogP contribution in [0.2, 0.25) is 0 Å². The molecule has 0 bridgehead atoms. The van der Waals surface area contributed by atoms with Gasteiger partial charge in [0.2, 0.25) is 0 Å². The van der Waals surface area contributed by atoms with Gasteiger partial charge in [-0.2, -0.15) is 0 Å². The van der Waals surface area contributed by atoms with E-state index in [9.17, 15) is 8.77 Å². The summed E-state index contributed by atoms with van der Waals surface area (Å²) in [7, 11) is -2.90. The summed E-state index contributed by atoms with van der Waals surface area (Å²) in [6.45, 7) is 0. The lowest BCUT2D eigenvalue weighted by Crippen LogP contribution is -2.16. The second kappa shape index (κ2) is 5.26. The van der Waals surface area contributed by atoms with E-state index in [0.717, 1.165) is 0 Å². The standard InChI is InChI=1S/C13H11O2PS/c14-16(11-17-15,12-7-3-1-4-8-12)13-9-5-2-6-10-13/h1-11H. The van der Waals surface area contributed by atoms with Crippen LogP contribution in [0.3, 0.4) is 0 Å². The Labute approximate surface area is 104 Å². The molecule has 0 saturated carbocycles. The molecule has 0 aliphatic carbocycles. The van der Waals surface area contributed by atoms with Gasteiger partial charge in [0, 0.05) is 10.6 Å². The molecule has 0 heterocycles. The fraction of sp³-hybridized carbons (Fsp3) is 0. The summed E-state index contributed by atoms with van der Waals surface area (Å²) in [6, 6.07) is 18.2. The molecule has 0 atom stereocenters. The molecule has 0 aromatic heterocycles. The highest BCUT2D eigenvalue weighted by molar-refractivity contribution is 8.01. The van der Waals surface area contributed by atoms with Gasteiger partial charge in [0.25, 0.3) is 0 Å². The van der Waals surface area contributed by atoms with Gasteiger partial charge in [-0.25, -0.2) is 4.21 Å². The molecule has 0 aliphatic heterocycles. The molecule has 17 heavy (non-hydrogen) atoms. The molecule has 0 fully saturated rings. The normalized spacial score (nSPS) is 10.8. The van der Waals surface area contributed by atoms with Crippen LogP contribution in [0.5, 0.6) is 0 Å². The van der Waals surface area contributed by atoms with E-state index in [2.05, 4.69) is 0 Å². The summed E-state index contributed by atoms with van der Waals surface area (Å²) in [5, 5.41) is 2.68. The predicted octanol–water partition coefficient (Wildman–Crippen LogP) is 1.97. The highest BCUT2D eigenvalue weighted by Gasteiger charge is 2.24. The van der Waals surface area contributed by atoms with E-state index in [4.69, 9.17) is 0 Å². The first-order valence-corrected chi connectivity index (χ1v) is 7.69. The molecule has 0 N–H and O–H groups in total. The van der Waals surface area contributed by atoms with Crippen molar-refractivity contribution in [3.05, 3.63) is 60.7 Å². The minimum atomic E-state index is -2.90. The predicted molar refractivity (Wildman–Crippen MR) is 74.0 cm³/mol. The molecule has 0 radical (unpaired) electrons. The van der Waals surface area contributed by atoms with Gasteiger partial charge in [-0.1, -0.05) is 60.7 Å². The average molecular weight is 262 g/mol. The van der Waals surface area contributed by atoms with Crippen LogP contribution in [0.1, 0.15) is 0 Å². The van der Waals surface area contributed by atoms with Crippen LogP contribution in [0, 0.1) is 0 Å². The van der Waals surface area contributed by atoms with Crippen molar-refractivity contribution in [2.45, 2.75) is 0 Å². The van der Waals surface area contributed by atoms with Gasteiger partial charge < -0.3 is 4.57 Å². The maximum atomic E-state index is 12.9. The van der Waals surface area contributed by atoms with Crippen molar-refractivity contribution in [2.24, 2.45) is 0 Å². The van der Waals surface area contributed by atoms with Crippen molar-refractivity contribution in [1.29, 1.82) is 0 Å². The Balaban J connectivity index is 2.64. The molecular weight excluding hydrogens is 251 g/mol. The Morgan fingerprint density at radius 2 is 1.24 bits per heavy atom. The van der Waals surface area contributed by atoms with Crippen molar-refractivity contribution in [2.75, 3.05) is 0 Å². The van der Waals surface area contributed by atoms with Gasteiger partial charge in [-0.05, 0) is 0 Å². The van der Waals surface area contributed by atoms with Crippen LogP contribution in [0.25, 0.3) is 0 Å². The van der Waals surface area contributed by atoms with Crippen molar-refractivity contribution >= 4 is 34.1 Å². The first kappa shape index (κ1) is 12.0. The molecule has 86 valence electrons. The zero-order valence-corrected chi connectivity index (χ0v) is 10.7. The number of hydrogen-bond acceptors (Lipinski definition) is 2. The Morgan fingerprint density at radius 1 is 0.824 bits per heavy atom. The van der Waals surface area contributed by atoms with E-state index in [1.54, 1.807) is 24.3 Å². The minimum Gasteiger partial charge on any atom is -0.308 e. The van der Waals surface area contributed by atoms with Crippen LogP contribution in [-0.4, -0.2) is 9.32 Å². The maximum Gasteiger partial charge on any atom is 0.176 e. The molecule has 0 aliphatic rings. The van der Waals surface area contributed by atoms with Gasteiger partial charge >= 0.3 is 0 Å². The Bertz CT molecular complexity index is 546. The van der Waals surface area contributed by atoms with Crippen molar-refractivity contribution in [3.63, 3.8) is 0 Å². The fourth-order valence-corrected chi connectivity index (χ4v) is 4.62. The first-order valence-electron chi connectivity index (χ1n) is 5.11. The van der Waals surface area contributed by atoms with Crippen LogP contribution in [-0.2, 0) is 15.8 Å². The van der Waals surface area contributed by atoms with Gasteiger partial charge in [-0.3, -0.25) is 0 Å². The van der Waals surface area contributed by atoms with Crippen LogP contribution >= 0.6 is 7.14 Å². The third-order valence-electron chi connectivity index (χ3n) is 2.47. The second-order valence-electron chi connectivity index (χ2n) is 3.53. The molecule has 0 spiro atoms. The quantitative estimate of drug-likeness (QED) is 0.626. The van der Waals surface area contributed by atoms with Gasteiger partial charge in [-0.15, -0.1) is 0 Å². The lowest BCUT2D eigenvalue weighted by Gasteiger charge is -2.13. The minimum absolute atomic E-state index is 0.260. The smallest absolute Gasteiger partial charge is 0.176 e. The largest absolute Gasteiger partial charge is 0.308 e. The van der Waals surface area contributed by atoms with E-state index >= 15 is 0 Å². The highest BCUT2D eigenvalue weighted by Crippen LogP contribution is 2.39. The molecule has 0 saturated heterocycles. The van der Waals surface area contributed by atoms with E-state index < -0.39 is 7.14 Å². The average Bonchev–Trinajstić information content (AvgIpc) is 2.41. The molecular formula is C13H11O2PS. The molecule has 2 nitrogen and oxygen atoms in total. The molecule has 4 heteroatoms. The van der Waals surface area contributed by atoms with Crippen molar-refractivity contribution < 1.29 is 8.77 Å². The SMILES string of the molecule is O=S=CP(=O)(c1ccccc1)c1ccccc1. The van der Waals surface area contributed by atoms with Crippen LogP contribution < -0.4 is 10.6 Å². The molecule has 0 amide bonds. The van der Waals surface area contributed by atoms with E-state index in [0.29, 0.717) is 10.6 Å². The summed E-state index contributed by atoms with van der Waals surface area (Å²) in [4.78, 5) is 0. The molecule has 2 aromatic carbocycles. The van der Waals surface area contributed by atoms with Gasteiger partial charge in [0.05, 0.1) is 16.4 Å². The lowest BCUT2D eigenvalue weighted by atomic mass is 10.4. The highest BCUT2D eigenvalue weighted by atomic mass is 32.1. The fourth-order valence-electron chi connectivity index (χ4n) is 1.63. The zero-order valence-electron chi connectivity index (χ0n) is 9.02. The van der Waals surface area contributed by atoms with Gasteiger partial charge in [0.15, 0.2) is 7.14 Å². The van der Waals surface area contributed by atoms with E-state index in [1.165, 1.54) is 5.11 Å². The van der Waals surface area contributed by atoms with Crippen molar-refractivity contribution in [1.82, 2.24) is 0 Å². The summed E-state index contributed by atoms with van der Waals surface area (Å²) < 4.78 is 23.7. The van der Waals surface area contributed by atoms with Crippen LogP contribution in [0.15, 0.2) is 60.7 Å².